The van der Waals surface area contributed by atoms with Gasteiger partial charge in [0.1, 0.15) is 5.82 Å². The van der Waals surface area contributed by atoms with E-state index in [0.717, 1.165) is 30.7 Å². The maximum atomic E-state index is 12.9. The van der Waals surface area contributed by atoms with Gasteiger partial charge in [-0.1, -0.05) is 6.07 Å². The zero-order valence-electron chi connectivity index (χ0n) is 15.3. The largest absolute Gasteiger partial charge is 0.545 e. The monoisotopic (exact) mass is 378 g/mol. The second-order valence-corrected chi connectivity index (χ2v) is 7.65. The van der Waals surface area contributed by atoms with Crippen molar-refractivity contribution in [2.24, 2.45) is 5.92 Å². The van der Waals surface area contributed by atoms with Crippen molar-refractivity contribution in [2.45, 2.75) is 38.3 Å². The summed E-state index contributed by atoms with van der Waals surface area (Å²) in [6.45, 7) is 1.50. The maximum Gasteiger partial charge on any atom is 0.290 e. The zero-order chi connectivity index (χ0) is 19.3. The first kappa shape index (κ1) is 17.0. The van der Waals surface area contributed by atoms with Gasteiger partial charge in [0.05, 0.1) is 29.3 Å². The fourth-order valence-electron chi connectivity index (χ4n) is 4.10. The lowest BCUT2D eigenvalue weighted by Crippen LogP contribution is -2.32. The third-order valence-corrected chi connectivity index (χ3v) is 5.69. The molecule has 5 rings (SSSR count). The first-order chi connectivity index (χ1) is 13.6. The van der Waals surface area contributed by atoms with E-state index < -0.39 is 5.97 Å². The van der Waals surface area contributed by atoms with Gasteiger partial charge in [0.15, 0.2) is 5.76 Å². The Labute approximate surface area is 161 Å². The van der Waals surface area contributed by atoms with Crippen molar-refractivity contribution in [3.8, 4) is 0 Å². The minimum absolute atomic E-state index is 0.116. The van der Waals surface area contributed by atoms with Crippen LogP contribution in [0, 0.1) is 5.92 Å². The number of carbonyl (C=O) groups is 2. The molecule has 1 atom stereocenters. The molecule has 0 N–H and O–H groups in total. The summed E-state index contributed by atoms with van der Waals surface area (Å²) in [4.78, 5) is 30.8. The van der Waals surface area contributed by atoms with Gasteiger partial charge in [-0.25, -0.2) is 4.98 Å². The Morgan fingerprint density at radius 3 is 2.79 bits per heavy atom. The summed E-state index contributed by atoms with van der Waals surface area (Å²) in [7, 11) is 0. The van der Waals surface area contributed by atoms with Gasteiger partial charge in [0.25, 0.3) is 5.91 Å². The molecule has 1 saturated carbocycles. The van der Waals surface area contributed by atoms with Crippen molar-refractivity contribution < 1.29 is 19.1 Å². The topological polar surface area (TPSA) is 91.4 Å². The predicted octanol–water partition coefficient (Wildman–Crippen LogP) is 2.38. The molecule has 2 aromatic heterocycles. The van der Waals surface area contributed by atoms with Gasteiger partial charge >= 0.3 is 0 Å². The van der Waals surface area contributed by atoms with Crippen molar-refractivity contribution in [3.05, 3.63) is 53.7 Å². The normalized spacial score (nSPS) is 19.4. The summed E-state index contributed by atoms with van der Waals surface area (Å²) < 4.78 is 7.48. The number of hydrogen-bond donors (Lipinski definition) is 0. The molecule has 1 saturated heterocycles. The minimum atomic E-state index is -1.21. The Hall–Kier alpha value is -3.09. The third-order valence-electron chi connectivity index (χ3n) is 5.69. The highest BCUT2D eigenvalue weighted by Crippen LogP contribution is 2.38. The molecule has 0 unspecified atom stereocenters. The molecule has 28 heavy (non-hydrogen) atoms. The average Bonchev–Trinajstić information content (AvgIpc) is 3.11. The average molecular weight is 378 g/mol. The molecule has 3 aromatic rings. The standard InChI is InChI=1S/C21H21N3O4/c25-20(18-4-2-10-28-18)23-9-1-3-17(23)19-22-15-11-14(21(26)27)7-8-16(15)24(19)12-13-5-6-13/h2,4,7-8,10-11,13,17H,1,3,5-6,9,12H2,(H,26,27)/p-1/t17-/m0/s1. The van der Waals surface area contributed by atoms with Crippen molar-refractivity contribution >= 4 is 22.9 Å². The minimum Gasteiger partial charge on any atom is -0.545 e. The van der Waals surface area contributed by atoms with Crippen LogP contribution < -0.4 is 5.11 Å². The zero-order valence-corrected chi connectivity index (χ0v) is 15.3. The van der Waals surface area contributed by atoms with E-state index in [4.69, 9.17) is 9.40 Å². The van der Waals surface area contributed by atoms with E-state index in [0.29, 0.717) is 23.7 Å². The Morgan fingerprint density at radius 1 is 1.21 bits per heavy atom. The van der Waals surface area contributed by atoms with Gasteiger partial charge in [-0.3, -0.25) is 4.79 Å². The lowest BCUT2D eigenvalue weighted by Gasteiger charge is -2.24. The summed E-state index contributed by atoms with van der Waals surface area (Å²) in [6, 6.07) is 8.17. The van der Waals surface area contributed by atoms with Gasteiger partial charge in [0, 0.05) is 13.1 Å². The number of carbonyl (C=O) groups excluding carboxylic acids is 2. The molecule has 0 radical (unpaired) electrons. The van der Waals surface area contributed by atoms with E-state index in [-0.39, 0.29) is 17.5 Å². The van der Waals surface area contributed by atoms with Crippen molar-refractivity contribution in [3.63, 3.8) is 0 Å². The van der Waals surface area contributed by atoms with Crippen LogP contribution in [0.25, 0.3) is 11.0 Å². The predicted molar refractivity (Wildman–Crippen MR) is 98.5 cm³/mol. The van der Waals surface area contributed by atoms with E-state index in [9.17, 15) is 14.7 Å². The quantitative estimate of drug-likeness (QED) is 0.680. The Morgan fingerprint density at radius 2 is 2.07 bits per heavy atom. The molecule has 2 fully saturated rings. The van der Waals surface area contributed by atoms with Crippen LogP contribution >= 0.6 is 0 Å². The van der Waals surface area contributed by atoms with Gasteiger partial charge in [-0.15, -0.1) is 0 Å². The van der Waals surface area contributed by atoms with Gasteiger partial charge < -0.3 is 23.8 Å². The van der Waals surface area contributed by atoms with Crippen molar-refractivity contribution in [1.82, 2.24) is 14.5 Å². The molecular weight excluding hydrogens is 358 g/mol. The highest BCUT2D eigenvalue weighted by molar-refractivity contribution is 5.92. The van der Waals surface area contributed by atoms with Crippen LogP contribution in [0.1, 0.15) is 58.5 Å². The molecule has 1 aliphatic carbocycles. The number of carboxylic acids is 1. The molecule has 0 spiro atoms. The number of nitrogens with zero attached hydrogens (tertiary/aromatic N) is 3. The fraction of sp³-hybridized carbons (Fsp3) is 0.381. The van der Waals surface area contributed by atoms with Crippen LogP contribution in [0.5, 0.6) is 0 Å². The number of furan rings is 1. The maximum absolute atomic E-state index is 12.9. The molecule has 144 valence electrons. The lowest BCUT2D eigenvalue weighted by molar-refractivity contribution is -0.255. The first-order valence-corrected chi connectivity index (χ1v) is 9.68. The van der Waals surface area contributed by atoms with E-state index in [1.165, 1.54) is 19.1 Å². The Balaban J connectivity index is 1.58. The molecule has 1 aliphatic heterocycles. The number of fused-ring (bicyclic) bond motifs is 1. The Bertz CT molecular complexity index is 1050. The van der Waals surface area contributed by atoms with Crippen LogP contribution in [0.4, 0.5) is 0 Å². The third kappa shape index (κ3) is 2.87. The van der Waals surface area contributed by atoms with Crippen molar-refractivity contribution in [2.75, 3.05) is 6.54 Å². The summed E-state index contributed by atoms with van der Waals surface area (Å²) >= 11 is 0. The number of hydrogen-bond acceptors (Lipinski definition) is 5. The van der Waals surface area contributed by atoms with Crippen LogP contribution in [0.2, 0.25) is 0 Å². The summed E-state index contributed by atoms with van der Waals surface area (Å²) in [5.74, 6) is 0.432. The lowest BCUT2D eigenvalue weighted by atomic mass is 10.2. The van der Waals surface area contributed by atoms with E-state index in [1.807, 2.05) is 4.90 Å². The summed E-state index contributed by atoms with van der Waals surface area (Å²) in [6.07, 6.45) is 5.61. The van der Waals surface area contributed by atoms with Gasteiger partial charge in [-0.2, -0.15) is 0 Å². The Kier molecular flexibility index (Phi) is 3.96. The van der Waals surface area contributed by atoms with Crippen molar-refractivity contribution in [1.29, 1.82) is 0 Å². The van der Waals surface area contributed by atoms with Crippen LogP contribution in [0.15, 0.2) is 41.0 Å². The molecule has 1 amide bonds. The van der Waals surface area contributed by atoms with E-state index in [1.54, 1.807) is 30.3 Å². The second kappa shape index (κ2) is 6.51. The molecule has 7 nitrogen and oxygen atoms in total. The van der Waals surface area contributed by atoms with Crippen LogP contribution in [-0.2, 0) is 6.54 Å². The molecule has 2 aliphatic rings. The smallest absolute Gasteiger partial charge is 0.290 e. The molecule has 7 heteroatoms. The van der Waals surface area contributed by atoms with E-state index in [2.05, 4.69) is 4.57 Å². The molecule has 1 aromatic carbocycles. The number of imidazole rings is 1. The van der Waals surface area contributed by atoms with E-state index >= 15 is 0 Å². The molecular formula is C21H20N3O4-. The van der Waals surface area contributed by atoms with Gasteiger partial charge in [0.2, 0.25) is 0 Å². The number of likely N-dealkylation sites (tertiary alicyclic amines) is 1. The van der Waals surface area contributed by atoms with Gasteiger partial charge in [-0.05, 0) is 61.4 Å². The number of amides is 1. The van der Waals surface area contributed by atoms with Crippen LogP contribution in [0.3, 0.4) is 0 Å². The number of carboxylic acid groups (broad SMARTS) is 1. The molecule has 0 bridgehead atoms. The summed E-state index contributed by atoms with van der Waals surface area (Å²) in [5.41, 5.74) is 1.66. The number of aromatic carboxylic acids is 1. The summed E-state index contributed by atoms with van der Waals surface area (Å²) in [5, 5.41) is 11.2. The number of benzene rings is 1. The highest BCUT2D eigenvalue weighted by Gasteiger charge is 2.36. The SMILES string of the molecule is O=C([O-])c1ccc2c(c1)nc([C@@H]1CCCN1C(=O)c1ccco1)n2CC1CC1. The fourth-order valence-corrected chi connectivity index (χ4v) is 4.10. The van der Waals surface area contributed by atoms with Crippen LogP contribution in [-0.4, -0.2) is 32.9 Å². The number of aromatic nitrogens is 2. The second-order valence-electron chi connectivity index (χ2n) is 7.65. The first-order valence-electron chi connectivity index (χ1n) is 9.68. The number of rotatable bonds is 5. The molecule has 3 heterocycles. The highest BCUT2D eigenvalue weighted by atomic mass is 16.4.